The second-order valence-electron chi connectivity index (χ2n) is 10.0. The van der Waals surface area contributed by atoms with Gasteiger partial charge in [0.1, 0.15) is 5.82 Å². The molecule has 2 unspecified atom stereocenters. The first-order chi connectivity index (χ1) is 15.6. The third-order valence-electron chi connectivity index (χ3n) is 7.56. The molecule has 0 saturated carbocycles. The summed E-state index contributed by atoms with van der Waals surface area (Å²) in [5.41, 5.74) is 0. The van der Waals surface area contributed by atoms with Gasteiger partial charge in [-0.2, -0.15) is 4.98 Å². The predicted octanol–water partition coefficient (Wildman–Crippen LogP) is 3.77. The van der Waals surface area contributed by atoms with E-state index in [9.17, 15) is 4.79 Å². The predicted molar refractivity (Wildman–Crippen MR) is 130 cm³/mol. The van der Waals surface area contributed by atoms with Crippen molar-refractivity contribution in [2.24, 2.45) is 5.92 Å². The first-order valence-electron chi connectivity index (χ1n) is 13.0. The van der Waals surface area contributed by atoms with E-state index in [4.69, 9.17) is 4.98 Å². The number of hydrogen-bond acceptors (Lipinski definition) is 6. The van der Waals surface area contributed by atoms with Crippen molar-refractivity contribution in [3.05, 3.63) is 12.3 Å². The molecule has 1 amide bonds. The van der Waals surface area contributed by atoms with Crippen LogP contribution in [0.4, 0.5) is 11.8 Å². The quantitative estimate of drug-likeness (QED) is 0.693. The highest BCUT2D eigenvalue weighted by molar-refractivity contribution is 5.78. The summed E-state index contributed by atoms with van der Waals surface area (Å²) < 4.78 is 0. The molecule has 7 nitrogen and oxygen atoms in total. The lowest BCUT2D eigenvalue weighted by atomic mass is 9.99. The summed E-state index contributed by atoms with van der Waals surface area (Å²) in [6, 6.07) is 3.05. The molecule has 0 bridgehead atoms. The van der Waals surface area contributed by atoms with Crippen molar-refractivity contribution in [2.45, 2.75) is 83.7 Å². The van der Waals surface area contributed by atoms with E-state index in [-0.39, 0.29) is 5.92 Å². The van der Waals surface area contributed by atoms with Crippen molar-refractivity contribution in [3.8, 4) is 0 Å². The molecule has 1 aromatic heterocycles. The number of aromatic nitrogens is 2. The van der Waals surface area contributed by atoms with Gasteiger partial charge in [0, 0.05) is 63.5 Å². The lowest BCUT2D eigenvalue weighted by Crippen LogP contribution is -2.47. The number of hydrogen-bond donors (Lipinski definition) is 1. The van der Waals surface area contributed by atoms with Crippen LogP contribution in [0.3, 0.4) is 0 Å². The normalized spacial score (nSPS) is 24.4. The maximum atomic E-state index is 12.6. The highest BCUT2D eigenvalue weighted by atomic mass is 16.2. The molecule has 0 aliphatic carbocycles. The van der Waals surface area contributed by atoms with Gasteiger partial charge in [0.15, 0.2) is 0 Å². The molecule has 1 N–H and O–H groups in total. The third kappa shape index (κ3) is 5.91. The minimum absolute atomic E-state index is 0.169. The maximum Gasteiger partial charge on any atom is 0.225 e. The Hall–Kier alpha value is -1.89. The van der Waals surface area contributed by atoms with Crippen molar-refractivity contribution in [2.75, 3.05) is 49.5 Å². The van der Waals surface area contributed by atoms with E-state index in [2.05, 4.69) is 38.8 Å². The lowest BCUT2D eigenvalue weighted by molar-refractivity contribution is -0.136. The highest BCUT2D eigenvalue weighted by Crippen LogP contribution is 2.25. The molecule has 3 aliphatic rings. The van der Waals surface area contributed by atoms with Gasteiger partial charge in [-0.3, -0.25) is 9.69 Å². The number of nitrogens with zero attached hydrogens (tertiary/aromatic N) is 5. The number of nitrogens with one attached hydrogen (secondary N) is 1. The van der Waals surface area contributed by atoms with Crippen LogP contribution in [0.25, 0.3) is 0 Å². The van der Waals surface area contributed by atoms with E-state index in [1.54, 1.807) is 0 Å². The zero-order valence-corrected chi connectivity index (χ0v) is 20.1. The number of likely N-dealkylation sites (tertiary alicyclic amines) is 2. The molecule has 32 heavy (non-hydrogen) atoms. The average molecular weight is 443 g/mol. The molecular weight excluding hydrogens is 400 g/mol. The largest absolute Gasteiger partial charge is 0.356 e. The molecule has 0 aromatic carbocycles. The zero-order valence-electron chi connectivity index (χ0n) is 20.1. The van der Waals surface area contributed by atoms with Crippen molar-refractivity contribution < 1.29 is 4.79 Å². The van der Waals surface area contributed by atoms with Crippen molar-refractivity contribution in [1.29, 1.82) is 0 Å². The fourth-order valence-corrected chi connectivity index (χ4v) is 5.63. The summed E-state index contributed by atoms with van der Waals surface area (Å²) in [6.45, 7) is 10.4. The Morgan fingerprint density at radius 1 is 1.09 bits per heavy atom. The molecule has 0 radical (unpaired) electrons. The summed E-state index contributed by atoms with van der Waals surface area (Å²) in [5, 5.41) is 3.61. The number of rotatable bonds is 7. The van der Waals surface area contributed by atoms with Gasteiger partial charge in [0.05, 0.1) is 0 Å². The van der Waals surface area contributed by atoms with Gasteiger partial charge in [-0.1, -0.05) is 33.1 Å². The van der Waals surface area contributed by atoms with E-state index >= 15 is 0 Å². The van der Waals surface area contributed by atoms with Crippen LogP contribution in [0.2, 0.25) is 0 Å². The Morgan fingerprint density at radius 3 is 2.56 bits per heavy atom. The minimum Gasteiger partial charge on any atom is -0.356 e. The molecule has 3 aliphatic heterocycles. The molecule has 0 spiro atoms. The summed E-state index contributed by atoms with van der Waals surface area (Å²) in [6.07, 6.45) is 12.5. The molecule has 3 fully saturated rings. The number of anilines is 2. The van der Waals surface area contributed by atoms with Gasteiger partial charge < -0.3 is 15.1 Å². The van der Waals surface area contributed by atoms with E-state index in [1.165, 1.54) is 25.7 Å². The molecule has 2 atom stereocenters. The summed E-state index contributed by atoms with van der Waals surface area (Å²) >= 11 is 0. The summed E-state index contributed by atoms with van der Waals surface area (Å²) in [4.78, 5) is 29.1. The Morgan fingerprint density at radius 2 is 1.84 bits per heavy atom. The van der Waals surface area contributed by atoms with E-state index in [0.717, 1.165) is 83.1 Å². The Kier molecular flexibility index (Phi) is 8.22. The van der Waals surface area contributed by atoms with E-state index < -0.39 is 0 Å². The maximum absolute atomic E-state index is 12.6. The minimum atomic E-state index is 0.169. The van der Waals surface area contributed by atoms with E-state index in [1.807, 2.05) is 12.3 Å². The van der Waals surface area contributed by atoms with Crippen LogP contribution in [0.5, 0.6) is 0 Å². The number of piperidine rings is 1. The molecule has 7 heteroatoms. The monoisotopic (exact) mass is 442 g/mol. The van der Waals surface area contributed by atoms with Crippen LogP contribution in [-0.2, 0) is 4.79 Å². The second-order valence-corrected chi connectivity index (χ2v) is 10.0. The van der Waals surface area contributed by atoms with Gasteiger partial charge in [0.25, 0.3) is 0 Å². The topological polar surface area (TPSA) is 64.6 Å². The highest BCUT2D eigenvalue weighted by Gasteiger charge is 2.32. The smallest absolute Gasteiger partial charge is 0.225 e. The molecule has 178 valence electrons. The first-order valence-corrected chi connectivity index (χ1v) is 13.0. The van der Waals surface area contributed by atoms with Gasteiger partial charge >= 0.3 is 0 Å². The fraction of sp³-hybridized carbons (Fsp3) is 0.800. The van der Waals surface area contributed by atoms with Crippen LogP contribution in [0.1, 0.15) is 71.6 Å². The number of carbonyl (C=O) groups is 1. The fourth-order valence-electron chi connectivity index (χ4n) is 5.63. The second kappa shape index (κ2) is 11.3. The van der Waals surface area contributed by atoms with Crippen LogP contribution < -0.4 is 10.2 Å². The Labute approximate surface area is 194 Å². The summed E-state index contributed by atoms with van der Waals surface area (Å²) in [7, 11) is 0. The van der Waals surface area contributed by atoms with Gasteiger partial charge in [-0.15, -0.1) is 0 Å². The third-order valence-corrected chi connectivity index (χ3v) is 7.56. The van der Waals surface area contributed by atoms with E-state index in [0.29, 0.717) is 18.0 Å². The van der Waals surface area contributed by atoms with Crippen LogP contribution in [-0.4, -0.2) is 77.0 Å². The molecular formula is C25H42N6O. The SMILES string of the molecule is CCCC(C)C(=O)N1CCC(N2CCC(Nc3nccc(N4CCCCCC4)n3)C2)CC1. The van der Waals surface area contributed by atoms with Gasteiger partial charge in [0.2, 0.25) is 11.9 Å². The van der Waals surface area contributed by atoms with Crippen LogP contribution >= 0.6 is 0 Å². The molecule has 3 saturated heterocycles. The lowest BCUT2D eigenvalue weighted by Gasteiger charge is -2.37. The van der Waals surface area contributed by atoms with Crippen LogP contribution in [0, 0.1) is 5.92 Å². The Bertz CT molecular complexity index is 727. The Balaban J connectivity index is 1.25. The number of carbonyl (C=O) groups excluding carboxylic acids is 1. The average Bonchev–Trinajstić information content (AvgIpc) is 3.11. The molecule has 1 aromatic rings. The van der Waals surface area contributed by atoms with Crippen LogP contribution in [0.15, 0.2) is 12.3 Å². The molecule has 4 rings (SSSR count). The van der Waals surface area contributed by atoms with Crippen molar-refractivity contribution in [3.63, 3.8) is 0 Å². The van der Waals surface area contributed by atoms with Gasteiger partial charge in [-0.05, 0) is 44.6 Å². The molecule has 4 heterocycles. The number of amides is 1. The standard InChI is InChI=1S/C25H42N6O/c1-3-8-20(2)24(32)30-17-11-22(12-18-30)31-16-10-21(19-31)27-25-26-13-9-23(28-25)29-14-6-4-5-7-15-29/h9,13,20-22H,3-8,10-12,14-19H2,1-2H3,(H,26,27,28). The first kappa shape index (κ1) is 23.3. The zero-order chi connectivity index (χ0) is 22.3. The van der Waals surface area contributed by atoms with Crippen molar-refractivity contribution in [1.82, 2.24) is 19.8 Å². The van der Waals surface area contributed by atoms with Gasteiger partial charge in [-0.25, -0.2) is 4.98 Å². The van der Waals surface area contributed by atoms with Crippen molar-refractivity contribution >= 4 is 17.7 Å². The summed E-state index contributed by atoms with van der Waals surface area (Å²) in [5.74, 6) is 2.35.